The van der Waals surface area contributed by atoms with Crippen LogP contribution in [0, 0.1) is 58.2 Å². The molecule has 0 saturated carbocycles. The van der Waals surface area contributed by atoms with E-state index in [1.165, 1.54) is 0 Å². The Bertz CT molecular complexity index is 1230. The van der Waals surface area contributed by atoms with Crippen molar-refractivity contribution < 1.29 is 60.7 Å². The summed E-state index contributed by atoms with van der Waals surface area (Å²) in [6, 6.07) is 0. The highest BCUT2D eigenvalue weighted by atomic mass is 32.3. The second-order valence-electron chi connectivity index (χ2n) is 7.18. The van der Waals surface area contributed by atoms with Gasteiger partial charge in [0, 0.05) is 0 Å². The predicted molar refractivity (Wildman–Crippen MR) is 92.0 cm³/mol. The summed E-state index contributed by atoms with van der Waals surface area (Å²) in [4.78, 5) is -5.43. The van der Waals surface area contributed by atoms with Crippen molar-refractivity contribution in [2.45, 2.75) is 29.4 Å². The lowest BCUT2D eigenvalue weighted by molar-refractivity contribution is 0.355. The zero-order valence-corrected chi connectivity index (χ0v) is 18.8. The lowest BCUT2D eigenvalue weighted by Gasteiger charge is -2.32. The fraction of sp³-hybridized carbons (Fsp3) is 0.200. The average Bonchev–Trinajstić information content (AvgIpc) is 2.65. The molecular formula is C15H9F10NO4S2Si. The summed E-state index contributed by atoms with van der Waals surface area (Å²) in [6.07, 6.45) is 0. The van der Waals surface area contributed by atoms with Gasteiger partial charge in [0.05, 0.1) is 0 Å². The number of halogens is 10. The Hall–Kier alpha value is -2.18. The molecule has 0 heterocycles. The monoisotopic (exact) mass is 549 g/mol. The zero-order valence-electron chi connectivity index (χ0n) is 16.2. The van der Waals surface area contributed by atoms with E-state index in [1.54, 1.807) is 0 Å². The van der Waals surface area contributed by atoms with Crippen molar-refractivity contribution in [3.8, 4) is 0 Å². The van der Waals surface area contributed by atoms with Gasteiger partial charge >= 0.3 is 0 Å². The first-order valence-electron chi connectivity index (χ1n) is 8.05. The smallest absolute Gasteiger partial charge is 0.206 e. The summed E-state index contributed by atoms with van der Waals surface area (Å²) in [5.41, 5.74) is 0. The highest BCUT2D eigenvalue weighted by Crippen LogP contribution is 2.37. The Morgan fingerprint density at radius 1 is 0.455 bits per heavy atom. The minimum Gasteiger partial charge on any atom is -0.206 e. The summed E-state index contributed by atoms with van der Waals surface area (Å²) < 4.78 is 188. The maximum absolute atomic E-state index is 14.2. The Kier molecular flexibility index (Phi) is 6.76. The summed E-state index contributed by atoms with van der Waals surface area (Å²) in [5, 5.41) is 0. The Labute approximate surface area is 180 Å². The van der Waals surface area contributed by atoms with Gasteiger partial charge in [-0.3, -0.25) is 0 Å². The maximum atomic E-state index is 14.2. The molecule has 5 nitrogen and oxygen atoms in total. The van der Waals surface area contributed by atoms with Crippen LogP contribution in [0.15, 0.2) is 9.79 Å². The lowest BCUT2D eigenvalue weighted by atomic mass is 10.3. The molecule has 2 aromatic carbocycles. The SMILES string of the molecule is C[Si](C)(C)N(S(=O)(=O)c1c(F)c(F)c(F)c(F)c1F)S(=O)(=O)c1c(F)c(F)c(F)c(F)c1F. The predicted octanol–water partition coefficient (Wildman–Crippen LogP) is 4.29. The highest BCUT2D eigenvalue weighted by molar-refractivity contribution is 8.06. The van der Waals surface area contributed by atoms with Gasteiger partial charge in [0.25, 0.3) is 20.0 Å². The van der Waals surface area contributed by atoms with Crippen LogP contribution in [-0.4, -0.2) is 28.4 Å². The number of benzene rings is 2. The Morgan fingerprint density at radius 3 is 0.818 bits per heavy atom. The van der Waals surface area contributed by atoms with E-state index in [2.05, 4.69) is 0 Å². The van der Waals surface area contributed by atoms with Crippen LogP contribution in [-0.2, 0) is 20.0 Å². The second-order valence-corrected chi connectivity index (χ2v) is 16.3. The molecule has 0 saturated heterocycles. The molecule has 0 bridgehead atoms. The molecule has 0 amide bonds. The van der Waals surface area contributed by atoms with E-state index in [0.29, 0.717) is 0 Å². The first-order valence-corrected chi connectivity index (χ1v) is 14.4. The van der Waals surface area contributed by atoms with Crippen LogP contribution in [0.4, 0.5) is 43.9 Å². The molecule has 0 spiro atoms. The molecule has 184 valence electrons. The van der Waals surface area contributed by atoms with Gasteiger partial charge in [-0.1, -0.05) is 19.6 Å². The van der Waals surface area contributed by atoms with Gasteiger partial charge in [-0.25, -0.2) is 60.7 Å². The van der Waals surface area contributed by atoms with Crippen LogP contribution < -0.4 is 0 Å². The third-order valence-corrected chi connectivity index (χ3v) is 13.5. The van der Waals surface area contributed by atoms with E-state index >= 15 is 0 Å². The molecule has 0 N–H and O–H groups in total. The normalized spacial score (nSPS) is 13.2. The van der Waals surface area contributed by atoms with Crippen LogP contribution in [0.5, 0.6) is 0 Å². The number of rotatable bonds is 5. The third kappa shape index (κ3) is 4.01. The largest absolute Gasteiger partial charge is 0.256 e. The summed E-state index contributed by atoms with van der Waals surface area (Å²) in [7, 11) is -17.1. The van der Waals surface area contributed by atoms with Gasteiger partial charge in [-0.05, 0) is 0 Å². The van der Waals surface area contributed by atoms with Crippen LogP contribution in [0.2, 0.25) is 19.6 Å². The van der Waals surface area contributed by atoms with Gasteiger partial charge in [0.15, 0.2) is 64.6 Å². The Balaban J connectivity index is 3.07. The summed E-state index contributed by atoms with van der Waals surface area (Å²) in [5.74, 6) is -29.0. The van der Waals surface area contributed by atoms with Crippen molar-refractivity contribution in [2.75, 3.05) is 0 Å². The molecule has 0 aromatic heterocycles. The standard InChI is InChI=1S/C15H9F10NO4S2Si/c1-33(2,3)26(31(27,28)14-10(22)6(18)4(16)7(19)11(14)23)32(29,30)15-12(24)8(20)5(17)9(21)13(15)25/h1-3H3. The van der Waals surface area contributed by atoms with Crippen molar-refractivity contribution in [3.05, 3.63) is 58.2 Å². The molecule has 2 rings (SSSR count). The van der Waals surface area contributed by atoms with Gasteiger partial charge in [0.2, 0.25) is 11.6 Å². The quantitative estimate of drug-likeness (QED) is 0.242. The molecule has 0 aliphatic rings. The fourth-order valence-corrected chi connectivity index (χ4v) is 12.0. The van der Waals surface area contributed by atoms with Crippen LogP contribution in [0.1, 0.15) is 0 Å². The van der Waals surface area contributed by atoms with Crippen LogP contribution in [0.3, 0.4) is 0 Å². The minimum atomic E-state index is -6.42. The van der Waals surface area contributed by atoms with E-state index in [0.717, 1.165) is 19.6 Å². The van der Waals surface area contributed by atoms with Gasteiger partial charge in [-0.15, -0.1) is 3.38 Å². The van der Waals surface area contributed by atoms with E-state index in [-0.39, 0.29) is 0 Å². The van der Waals surface area contributed by atoms with Gasteiger partial charge in [0.1, 0.15) is 0 Å². The number of hydrogen-bond donors (Lipinski definition) is 0. The molecule has 0 unspecified atom stereocenters. The van der Waals surface area contributed by atoms with Gasteiger partial charge in [-0.2, -0.15) is 0 Å². The van der Waals surface area contributed by atoms with Crippen LogP contribution >= 0.6 is 0 Å². The summed E-state index contributed by atoms with van der Waals surface area (Å²) in [6.45, 7) is 2.25. The maximum Gasteiger partial charge on any atom is 0.256 e. The molecule has 0 aliphatic carbocycles. The molecule has 0 radical (unpaired) electrons. The average molecular weight is 549 g/mol. The molecule has 2 aromatic rings. The topological polar surface area (TPSA) is 71.5 Å². The van der Waals surface area contributed by atoms with E-state index in [9.17, 15) is 60.7 Å². The fourth-order valence-electron chi connectivity index (χ4n) is 2.64. The second kappa shape index (κ2) is 8.24. The molecule has 18 heteroatoms. The van der Waals surface area contributed by atoms with Crippen molar-refractivity contribution in [2.24, 2.45) is 0 Å². The number of nitrogens with zero attached hydrogens (tertiary/aromatic N) is 1. The highest BCUT2D eigenvalue weighted by Gasteiger charge is 2.51. The first-order chi connectivity index (χ1) is 14.7. The molecule has 33 heavy (non-hydrogen) atoms. The van der Waals surface area contributed by atoms with E-state index in [4.69, 9.17) is 0 Å². The van der Waals surface area contributed by atoms with Crippen molar-refractivity contribution in [1.29, 1.82) is 0 Å². The molecule has 0 atom stereocenters. The molecule has 0 fully saturated rings. The van der Waals surface area contributed by atoms with E-state index in [1.807, 2.05) is 0 Å². The lowest BCUT2D eigenvalue weighted by Crippen LogP contribution is -2.53. The zero-order chi connectivity index (χ0) is 26.0. The minimum absolute atomic E-state index is 0.750. The Morgan fingerprint density at radius 2 is 0.636 bits per heavy atom. The molecule has 0 aliphatic heterocycles. The number of sulfonamides is 2. The van der Waals surface area contributed by atoms with Crippen LogP contribution in [0.25, 0.3) is 0 Å². The van der Waals surface area contributed by atoms with Crippen molar-refractivity contribution in [1.82, 2.24) is 3.38 Å². The number of hydrogen-bond acceptors (Lipinski definition) is 4. The first kappa shape index (κ1) is 27.1. The van der Waals surface area contributed by atoms with E-state index < -0.39 is 99.6 Å². The summed E-state index contributed by atoms with van der Waals surface area (Å²) >= 11 is 0. The molecular weight excluding hydrogens is 540 g/mol. The van der Waals surface area contributed by atoms with Crippen molar-refractivity contribution >= 4 is 28.3 Å². The van der Waals surface area contributed by atoms with Gasteiger partial charge < -0.3 is 0 Å². The van der Waals surface area contributed by atoms with Crippen molar-refractivity contribution in [3.63, 3.8) is 0 Å². The third-order valence-electron chi connectivity index (χ3n) is 3.84.